The molecule has 0 fully saturated rings. The van der Waals surface area contributed by atoms with Gasteiger partial charge in [-0.05, 0) is 27.3 Å². The van der Waals surface area contributed by atoms with E-state index in [2.05, 4.69) is 31.2 Å². The van der Waals surface area contributed by atoms with Crippen molar-refractivity contribution >= 4 is 11.6 Å². The molecular weight excluding hydrogens is 210 g/mol. The Kier molecular flexibility index (Phi) is 4.61. The van der Waals surface area contributed by atoms with Gasteiger partial charge in [0.15, 0.2) is 0 Å². The molecule has 0 aliphatic heterocycles. The lowest BCUT2D eigenvalue weighted by molar-refractivity contribution is 0.444. The Bertz CT molecular complexity index is 307. The smallest absolute Gasteiger partial charge is 0.0834 e. The van der Waals surface area contributed by atoms with E-state index >= 15 is 0 Å². The number of nitrogens with zero attached hydrogens (tertiary/aromatic N) is 2. The van der Waals surface area contributed by atoms with E-state index in [4.69, 9.17) is 11.6 Å². The van der Waals surface area contributed by atoms with Gasteiger partial charge in [0.25, 0.3) is 0 Å². The van der Waals surface area contributed by atoms with Crippen LogP contribution in [0.15, 0.2) is 6.20 Å². The first-order chi connectivity index (χ1) is 7.11. The van der Waals surface area contributed by atoms with E-state index in [1.165, 1.54) is 0 Å². The van der Waals surface area contributed by atoms with Crippen molar-refractivity contribution in [1.82, 2.24) is 15.1 Å². The molecule has 1 aromatic rings. The standard InChI is InChI=1S/C11H20ClN3/c1-5-6-10(13-4)11-9(12)7-14-15(11)8(2)3/h7-8,10,13H,5-6H2,1-4H3. The Labute approximate surface area is 96.8 Å². The number of hydrogen-bond acceptors (Lipinski definition) is 2. The van der Waals surface area contributed by atoms with Gasteiger partial charge < -0.3 is 5.32 Å². The van der Waals surface area contributed by atoms with Crippen LogP contribution < -0.4 is 5.32 Å². The molecule has 0 saturated carbocycles. The molecule has 1 atom stereocenters. The van der Waals surface area contributed by atoms with Crippen molar-refractivity contribution in [3.05, 3.63) is 16.9 Å². The Hall–Kier alpha value is -0.540. The van der Waals surface area contributed by atoms with E-state index in [9.17, 15) is 0 Å². The summed E-state index contributed by atoms with van der Waals surface area (Å²) < 4.78 is 2.00. The molecule has 0 aliphatic carbocycles. The first-order valence-corrected chi connectivity index (χ1v) is 5.89. The molecule has 86 valence electrons. The highest BCUT2D eigenvalue weighted by molar-refractivity contribution is 6.31. The van der Waals surface area contributed by atoms with Gasteiger partial charge in [-0.2, -0.15) is 5.10 Å². The fraction of sp³-hybridized carbons (Fsp3) is 0.727. The third-order valence-corrected chi connectivity index (χ3v) is 2.82. The first-order valence-electron chi connectivity index (χ1n) is 5.52. The Balaban J connectivity index is 3.03. The van der Waals surface area contributed by atoms with Crippen molar-refractivity contribution in [1.29, 1.82) is 0 Å². The van der Waals surface area contributed by atoms with Gasteiger partial charge in [0.05, 0.1) is 23.0 Å². The number of rotatable bonds is 5. The fourth-order valence-electron chi connectivity index (χ4n) is 1.79. The zero-order valence-electron chi connectivity index (χ0n) is 9.92. The Morgan fingerprint density at radius 1 is 1.53 bits per heavy atom. The average molecular weight is 230 g/mol. The number of hydrogen-bond donors (Lipinski definition) is 1. The van der Waals surface area contributed by atoms with Crippen LogP contribution in [-0.2, 0) is 0 Å². The average Bonchev–Trinajstić information content (AvgIpc) is 2.57. The third kappa shape index (κ3) is 2.73. The van der Waals surface area contributed by atoms with Crippen molar-refractivity contribution in [3.8, 4) is 0 Å². The molecule has 15 heavy (non-hydrogen) atoms. The normalized spacial score (nSPS) is 13.5. The summed E-state index contributed by atoms with van der Waals surface area (Å²) >= 11 is 6.17. The molecule has 0 bridgehead atoms. The molecule has 0 aliphatic rings. The third-order valence-electron chi connectivity index (χ3n) is 2.53. The van der Waals surface area contributed by atoms with Crippen molar-refractivity contribution < 1.29 is 0 Å². The van der Waals surface area contributed by atoms with E-state index in [1.807, 2.05) is 11.7 Å². The lowest BCUT2D eigenvalue weighted by Crippen LogP contribution is -2.21. The largest absolute Gasteiger partial charge is 0.312 e. The topological polar surface area (TPSA) is 29.9 Å². The molecule has 3 nitrogen and oxygen atoms in total. The van der Waals surface area contributed by atoms with E-state index in [0.29, 0.717) is 12.1 Å². The van der Waals surface area contributed by atoms with Gasteiger partial charge in [-0.25, -0.2) is 0 Å². The molecule has 1 aromatic heterocycles. The predicted octanol–water partition coefficient (Wildman–Crippen LogP) is 3.18. The zero-order chi connectivity index (χ0) is 11.4. The minimum absolute atomic E-state index is 0.299. The van der Waals surface area contributed by atoms with Gasteiger partial charge in [-0.1, -0.05) is 24.9 Å². The minimum Gasteiger partial charge on any atom is -0.312 e. The first kappa shape index (κ1) is 12.5. The summed E-state index contributed by atoms with van der Waals surface area (Å²) in [5.41, 5.74) is 1.11. The van der Waals surface area contributed by atoms with Crippen LogP contribution in [-0.4, -0.2) is 16.8 Å². The van der Waals surface area contributed by atoms with Gasteiger partial charge in [0, 0.05) is 6.04 Å². The maximum Gasteiger partial charge on any atom is 0.0834 e. The van der Waals surface area contributed by atoms with Gasteiger partial charge in [0.2, 0.25) is 0 Å². The van der Waals surface area contributed by atoms with Crippen LogP contribution in [0, 0.1) is 0 Å². The molecule has 4 heteroatoms. The molecule has 0 aromatic carbocycles. The molecule has 0 spiro atoms. The predicted molar refractivity (Wildman–Crippen MR) is 64.3 cm³/mol. The van der Waals surface area contributed by atoms with Crippen molar-refractivity contribution in [2.75, 3.05) is 7.05 Å². The van der Waals surface area contributed by atoms with Crippen molar-refractivity contribution in [2.24, 2.45) is 0 Å². The molecule has 1 rings (SSSR count). The maximum atomic E-state index is 6.17. The second kappa shape index (κ2) is 5.52. The van der Waals surface area contributed by atoms with Gasteiger partial charge in [-0.3, -0.25) is 4.68 Å². The summed E-state index contributed by atoms with van der Waals surface area (Å²) in [5, 5.41) is 8.37. The van der Waals surface area contributed by atoms with Crippen LogP contribution >= 0.6 is 11.6 Å². The van der Waals surface area contributed by atoms with Crippen molar-refractivity contribution in [2.45, 2.75) is 45.7 Å². The number of halogens is 1. The Morgan fingerprint density at radius 3 is 2.67 bits per heavy atom. The van der Waals surface area contributed by atoms with Gasteiger partial charge in [-0.15, -0.1) is 0 Å². The highest BCUT2D eigenvalue weighted by Gasteiger charge is 2.19. The highest BCUT2D eigenvalue weighted by atomic mass is 35.5. The van der Waals surface area contributed by atoms with E-state index < -0.39 is 0 Å². The summed E-state index contributed by atoms with van der Waals surface area (Å²) in [6.07, 6.45) is 3.94. The van der Waals surface area contributed by atoms with Crippen LogP contribution in [0.2, 0.25) is 5.02 Å². The lowest BCUT2D eigenvalue weighted by Gasteiger charge is -2.19. The van der Waals surface area contributed by atoms with Crippen LogP contribution in [0.5, 0.6) is 0 Å². The summed E-state index contributed by atoms with van der Waals surface area (Å²) in [4.78, 5) is 0. The molecular formula is C11H20ClN3. The minimum atomic E-state index is 0.299. The van der Waals surface area contributed by atoms with Crippen LogP contribution in [0.3, 0.4) is 0 Å². The molecule has 1 unspecified atom stereocenters. The molecule has 1 N–H and O–H groups in total. The van der Waals surface area contributed by atoms with Crippen molar-refractivity contribution in [3.63, 3.8) is 0 Å². The van der Waals surface area contributed by atoms with E-state index in [1.54, 1.807) is 6.20 Å². The lowest BCUT2D eigenvalue weighted by atomic mass is 10.1. The van der Waals surface area contributed by atoms with Crippen LogP contribution in [0.1, 0.15) is 51.4 Å². The summed E-state index contributed by atoms with van der Waals surface area (Å²) in [6, 6.07) is 0.646. The van der Waals surface area contributed by atoms with Crippen LogP contribution in [0.25, 0.3) is 0 Å². The Morgan fingerprint density at radius 2 is 2.20 bits per heavy atom. The van der Waals surface area contributed by atoms with Crippen LogP contribution in [0.4, 0.5) is 0 Å². The summed E-state index contributed by atoms with van der Waals surface area (Å²) in [6.45, 7) is 6.41. The molecule has 1 heterocycles. The van der Waals surface area contributed by atoms with Gasteiger partial charge in [0.1, 0.15) is 0 Å². The molecule has 0 radical (unpaired) electrons. The highest BCUT2D eigenvalue weighted by Crippen LogP contribution is 2.27. The monoisotopic (exact) mass is 229 g/mol. The summed E-state index contributed by atoms with van der Waals surface area (Å²) in [5.74, 6) is 0. The van der Waals surface area contributed by atoms with E-state index in [0.717, 1.165) is 23.6 Å². The SMILES string of the molecule is CCCC(NC)c1c(Cl)cnn1C(C)C. The molecule has 0 saturated heterocycles. The zero-order valence-corrected chi connectivity index (χ0v) is 10.7. The quantitative estimate of drug-likeness (QED) is 0.841. The maximum absolute atomic E-state index is 6.17. The van der Waals surface area contributed by atoms with Gasteiger partial charge >= 0.3 is 0 Å². The fourth-order valence-corrected chi connectivity index (χ4v) is 2.06. The molecule has 0 amide bonds. The van der Waals surface area contributed by atoms with E-state index in [-0.39, 0.29) is 0 Å². The number of nitrogens with one attached hydrogen (secondary N) is 1. The number of aromatic nitrogens is 2. The summed E-state index contributed by atoms with van der Waals surface area (Å²) in [7, 11) is 1.97. The second-order valence-corrected chi connectivity index (χ2v) is 4.45. The second-order valence-electron chi connectivity index (χ2n) is 4.05.